The van der Waals surface area contributed by atoms with Crippen LogP contribution in [0.25, 0.3) is 0 Å². The highest BCUT2D eigenvalue weighted by Crippen LogP contribution is 2.40. The molecule has 0 amide bonds. The van der Waals surface area contributed by atoms with Crippen LogP contribution in [0.2, 0.25) is 0 Å². The molecule has 6 unspecified atom stereocenters. The van der Waals surface area contributed by atoms with Gasteiger partial charge in [-0.05, 0) is 44.4 Å². The third-order valence-electron chi connectivity index (χ3n) is 7.27. The van der Waals surface area contributed by atoms with E-state index in [-0.39, 0.29) is 55.9 Å². The molecule has 0 spiro atoms. The number of ether oxygens (including phenoxy) is 4. The number of carbonyl (C=O) groups is 2. The number of rotatable bonds is 8. The van der Waals surface area contributed by atoms with E-state index in [1.54, 1.807) is 0 Å². The average molecular weight is 479 g/mol. The van der Waals surface area contributed by atoms with Gasteiger partial charge in [0.05, 0.1) is 43.5 Å². The fourth-order valence-electron chi connectivity index (χ4n) is 5.08. The number of epoxide rings is 2. The zero-order valence-electron chi connectivity index (χ0n) is 19.1. The summed E-state index contributed by atoms with van der Waals surface area (Å²) in [6.07, 6.45) is 5.78. The molecular formula is C22H29N3O9. The van der Waals surface area contributed by atoms with Crippen LogP contribution < -0.4 is 17.1 Å². The largest absolute Gasteiger partial charge is 0.464 e. The van der Waals surface area contributed by atoms with Crippen molar-refractivity contribution in [2.24, 2.45) is 18.9 Å². The van der Waals surface area contributed by atoms with Crippen LogP contribution in [0.3, 0.4) is 0 Å². The number of carbonyl (C=O) groups excluding carboxylic acids is 2. The molecule has 1 aromatic rings. The second-order valence-corrected chi connectivity index (χ2v) is 9.61. The maximum Gasteiger partial charge on any atom is 0.336 e. The van der Waals surface area contributed by atoms with Crippen LogP contribution in [0.15, 0.2) is 14.4 Å². The van der Waals surface area contributed by atoms with Crippen LogP contribution in [-0.4, -0.2) is 63.3 Å². The van der Waals surface area contributed by atoms with E-state index in [2.05, 4.69) is 0 Å². The SMILES string of the molecule is Cn1c(=O)n(CCOC(=O)C2CCC3OC3C2)c(=O)n(CC(=O)OCC2CCC3OC3C2)c1=O. The van der Waals surface area contributed by atoms with Crippen LogP contribution in [0, 0.1) is 11.8 Å². The lowest BCUT2D eigenvalue weighted by Gasteiger charge is -2.19. The lowest BCUT2D eigenvalue weighted by molar-refractivity contribution is -0.149. The summed E-state index contributed by atoms with van der Waals surface area (Å²) in [5.74, 6) is -1.18. The predicted octanol–water partition coefficient (Wildman–Crippen LogP) is -1.07. The highest BCUT2D eigenvalue weighted by atomic mass is 16.6. The summed E-state index contributed by atoms with van der Waals surface area (Å²) < 4.78 is 23.7. The Morgan fingerprint density at radius 1 is 0.853 bits per heavy atom. The molecule has 3 heterocycles. The summed E-state index contributed by atoms with van der Waals surface area (Å²) in [5.41, 5.74) is -2.70. The summed E-state index contributed by atoms with van der Waals surface area (Å²) in [4.78, 5) is 62.4. The van der Waals surface area contributed by atoms with Gasteiger partial charge < -0.3 is 18.9 Å². The quantitative estimate of drug-likeness (QED) is 0.336. The zero-order valence-corrected chi connectivity index (χ0v) is 19.1. The smallest absolute Gasteiger partial charge is 0.336 e. The zero-order chi connectivity index (χ0) is 24.0. The Labute approximate surface area is 194 Å². The molecule has 0 aromatic carbocycles. The molecule has 6 atom stereocenters. The molecule has 2 aliphatic carbocycles. The van der Waals surface area contributed by atoms with Crippen molar-refractivity contribution >= 4 is 11.9 Å². The monoisotopic (exact) mass is 479 g/mol. The number of esters is 2. The molecule has 0 N–H and O–H groups in total. The Bertz CT molecular complexity index is 1150. The van der Waals surface area contributed by atoms with Gasteiger partial charge in [-0.25, -0.2) is 28.1 Å². The molecule has 1 aromatic heterocycles. The van der Waals surface area contributed by atoms with Crippen LogP contribution in [0.5, 0.6) is 0 Å². The normalized spacial score (nSPS) is 31.2. The van der Waals surface area contributed by atoms with Crippen molar-refractivity contribution in [2.45, 2.75) is 76.0 Å². The molecule has 34 heavy (non-hydrogen) atoms. The van der Waals surface area contributed by atoms with E-state index >= 15 is 0 Å². The molecule has 2 aliphatic heterocycles. The van der Waals surface area contributed by atoms with Crippen molar-refractivity contribution in [1.29, 1.82) is 0 Å². The number of hydrogen-bond acceptors (Lipinski definition) is 9. The minimum absolute atomic E-state index is 0.126. The molecule has 4 aliphatic rings. The Morgan fingerprint density at radius 2 is 1.53 bits per heavy atom. The second kappa shape index (κ2) is 9.14. The van der Waals surface area contributed by atoms with E-state index in [4.69, 9.17) is 18.9 Å². The predicted molar refractivity (Wildman–Crippen MR) is 114 cm³/mol. The maximum atomic E-state index is 12.8. The van der Waals surface area contributed by atoms with E-state index in [1.165, 1.54) is 7.05 Å². The topological polar surface area (TPSA) is 144 Å². The first kappa shape index (κ1) is 23.0. The Morgan fingerprint density at radius 3 is 2.24 bits per heavy atom. The van der Waals surface area contributed by atoms with Gasteiger partial charge in [0, 0.05) is 7.05 Å². The highest BCUT2D eigenvalue weighted by molar-refractivity contribution is 5.72. The average Bonchev–Trinajstić information content (AvgIpc) is 3.75. The van der Waals surface area contributed by atoms with E-state index < -0.39 is 29.6 Å². The summed E-state index contributed by atoms with van der Waals surface area (Å²) in [5, 5.41) is 0. The van der Waals surface area contributed by atoms with Gasteiger partial charge in [-0.15, -0.1) is 0 Å². The van der Waals surface area contributed by atoms with Crippen LogP contribution in [0.4, 0.5) is 0 Å². The first-order valence-corrected chi connectivity index (χ1v) is 11.9. The highest BCUT2D eigenvalue weighted by Gasteiger charge is 2.46. The molecule has 0 bridgehead atoms. The van der Waals surface area contributed by atoms with Crippen molar-refractivity contribution in [3.63, 3.8) is 0 Å². The molecule has 2 saturated heterocycles. The molecule has 2 saturated carbocycles. The van der Waals surface area contributed by atoms with Crippen LogP contribution in [0.1, 0.15) is 38.5 Å². The van der Waals surface area contributed by atoms with Gasteiger partial charge in [0.25, 0.3) is 0 Å². The lowest BCUT2D eigenvalue weighted by Crippen LogP contribution is -2.54. The van der Waals surface area contributed by atoms with Crippen LogP contribution >= 0.6 is 0 Å². The molecular weight excluding hydrogens is 450 g/mol. The third kappa shape index (κ3) is 4.74. The minimum Gasteiger partial charge on any atom is -0.464 e. The number of fused-ring (bicyclic) bond motifs is 2. The third-order valence-corrected chi connectivity index (χ3v) is 7.27. The Hall–Kier alpha value is -2.73. The number of hydrogen-bond donors (Lipinski definition) is 0. The molecule has 5 rings (SSSR count). The molecule has 4 fully saturated rings. The van der Waals surface area contributed by atoms with Gasteiger partial charge in [-0.1, -0.05) is 0 Å². The molecule has 0 radical (unpaired) electrons. The van der Waals surface area contributed by atoms with Crippen molar-refractivity contribution in [3.8, 4) is 0 Å². The van der Waals surface area contributed by atoms with Crippen LogP contribution in [-0.2, 0) is 48.7 Å². The Balaban J connectivity index is 1.18. The molecule has 12 heteroatoms. The van der Waals surface area contributed by atoms with E-state index in [9.17, 15) is 24.0 Å². The fraction of sp³-hybridized carbons (Fsp3) is 0.773. The van der Waals surface area contributed by atoms with E-state index in [0.717, 1.165) is 34.8 Å². The summed E-state index contributed by atoms with van der Waals surface area (Å²) >= 11 is 0. The molecule has 12 nitrogen and oxygen atoms in total. The van der Waals surface area contributed by atoms with Crippen molar-refractivity contribution in [2.75, 3.05) is 13.2 Å². The first-order chi connectivity index (χ1) is 16.3. The fourth-order valence-corrected chi connectivity index (χ4v) is 5.08. The number of nitrogens with zero attached hydrogens (tertiary/aromatic N) is 3. The number of aromatic nitrogens is 3. The first-order valence-electron chi connectivity index (χ1n) is 11.9. The van der Waals surface area contributed by atoms with E-state index in [0.29, 0.717) is 23.5 Å². The van der Waals surface area contributed by atoms with Gasteiger partial charge in [0.1, 0.15) is 13.2 Å². The van der Waals surface area contributed by atoms with Gasteiger partial charge >= 0.3 is 29.0 Å². The van der Waals surface area contributed by atoms with Gasteiger partial charge in [-0.3, -0.25) is 9.59 Å². The lowest BCUT2D eigenvalue weighted by atomic mass is 9.89. The van der Waals surface area contributed by atoms with Crippen molar-refractivity contribution < 1.29 is 28.5 Å². The van der Waals surface area contributed by atoms with Gasteiger partial charge in [0.15, 0.2) is 0 Å². The summed E-state index contributed by atoms with van der Waals surface area (Å²) in [7, 11) is 1.22. The standard InChI is InChI=1S/C22H29N3O9/c1-23-20(28)24(6-7-31-19(27)13-3-5-15-17(9-13)34-15)22(30)25(21(23)29)10-18(26)32-11-12-2-4-14-16(8-12)33-14/h12-17H,2-11H2,1H3. The second-order valence-electron chi connectivity index (χ2n) is 9.61. The van der Waals surface area contributed by atoms with Gasteiger partial charge in [-0.2, -0.15) is 0 Å². The van der Waals surface area contributed by atoms with Gasteiger partial charge in [0.2, 0.25) is 0 Å². The van der Waals surface area contributed by atoms with E-state index in [1.807, 2.05) is 0 Å². The molecule has 186 valence electrons. The maximum absolute atomic E-state index is 12.8. The summed E-state index contributed by atoms with van der Waals surface area (Å²) in [6.45, 7) is -0.837. The Kier molecular flexibility index (Phi) is 6.19. The van der Waals surface area contributed by atoms with Crippen molar-refractivity contribution in [1.82, 2.24) is 13.7 Å². The van der Waals surface area contributed by atoms with Crippen molar-refractivity contribution in [3.05, 3.63) is 31.5 Å². The minimum atomic E-state index is -0.945. The summed E-state index contributed by atoms with van der Waals surface area (Å²) in [6, 6.07) is 0.